The molecule has 0 radical (unpaired) electrons. The van der Waals surface area contributed by atoms with Crippen molar-refractivity contribution in [2.75, 3.05) is 12.0 Å². The molecule has 222 valence electrons. The van der Waals surface area contributed by atoms with Crippen molar-refractivity contribution >= 4 is 50.7 Å². The predicted molar refractivity (Wildman–Crippen MR) is 160 cm³/mol. The van der Waals surface area contributed by atoms with Gasteiger partial charge in [0.25, 0.3) is 0 Å². The fourth-order valence-electron chi connectivity index (χ4n) is 4.49. The van der Waals surface area contributed by atoms with Gasteiger partial charge in [0.2, 0.25) is 0 Å². The average molecular weight is 641 g/mol. The summed E-state index contributed by atoms with van der Waals surface area (Å²) in [6.07, 6.45) is 3.61. The zero-order chi connectivity index (χ0) is 30.6. The maximum atomic E-state index is 14.1. The lowest BCUT2D eigenvalue weighted by Crippen LogP contribution is -2.34. The fourth-order valence-corrected chi connectivity index (χ4v) is 4.95. The number of aryl methyl sites for hydroxylation is 1. The lowest BCUT2D eigenvalue weighted by atomic mass is 10.1. The molecular formula is C29H34BrN7O5. The Hall–Kier alpha value is -4.00. The second-order valence-electron chi connectivity index (χ2n) is 12.1. The van der Waals surface area contributed by atoms with Crippen LogP contribution in [0, 0.1) is 0 Å². The number of pyridine rings is 1. The standard InChI is InChI=1S/C29H34BrN7O5/c1-28(2,3)41-26(38)36(19-11-9-10-17(22(19)40-8)23-32-15-35(7)34-23)21-18(30)14-31-25-20(21)33-24(16-12-13-16)37(25)27(39)42-29(4,5)6/h9-11,14-16H,12-13H2,1-8H3. The Kier molecular flexibility index (Phi) is 7.50. The molecule has 0 atom stereocenters. The van der Waals surface area contributed by atoms with Crippen LogP contribution in [0.15, 0.2) is 35.2 Å². The lowest BCUT2D eigenvalue weighted by Gasteiger charge is -2.29. The van der Waals surface area contributed by atoms with E-state index in [4.69, 9.17) is 19.2 Å². The lowest BCUT2D eigenvalue weighted by molar-refractivity contribution is 0.0536. The highest BCUT2D eigenvalue weighted by Gasteiger charge is 2.37. The number of imidazole rings is 1. The molecule has 1 aliphatic rings. The second kappa shape index (κ2) is 10.7. The maximum Gasteiger partial charge on any atom is 0.421 e. The molecule has 5 rings (SSSR count). The molecule has 1 amide bonds. The number of carbonyl (C=O) groups excluding carboxylic acids is 2. The maximum absolute atomic E-state index is 14.1. The molecule has 0 bridgehead atoms. The summed E-state index contributed by atoms with van der Waals surface area (Å²) in [4.78, 5) is 42.8. The molecule has 0 spiro atoms. The first-order valence-electron chi connectivity index (χ1n) is 13.5. The summed E-state index contributed by atoms with van der Waals surface area (Å²) < 4.78 is 21.0. The van der Waals surface area contributed by atoms with Crippen molar-refractivity contribution < 1.29 is 23.8 Å². The average Bonchev–Trinajstić information content (AvgIpc) is 3.51. The molecular weight excluding hydrogens is 606 g/mol. The van der Waals surface area contributed by atoms with Gasteiger partial charge in [-0.05, 0) is 82.4 Å². The third-order valence-corrected chi connectivity index (χ3v) is 6.81. The van der Waals surface area contributed by atoms with Crippen molar-refractivity contribution in [1.82, 2.24) is 29.3 Å². The number of carbonyl (C=O) groups is 2. The Balaban J connectivity index is 1.79. The van der Waals surface area contributed by atoms with Crippen LogP contribution in [0.2, 0.25) is 0 Å². The van der Waals surface area contributed by atoms with Crippen LogP contribution in [0.1, 0.15) is 66.1 Å². The smallest absolute Gasteiger partial charge is 0.421 e. The van der Waals surface area contributed by atoms with E-state index >= 15 is 0 Å². The van der Waals surface area contributed by atoms with Gasteiger partial charge in [-0.25, -0.2) is 34.0 Å². The molecule has 0 saturated heterocycles. The van der Waals surface area contributed by atoms with E-state index in [0.717, 1.165) is 12.8 Å². The molecule has 3 aromatic heterocycles. The number of para-hydroxylation sites is 1. The first-order valence-corrected chi connectivity index (χ1v) is 14.3. The van der Waals surface area contributed by atoms with E-state index in [1.54, 1.807) is 71.7 Å². The third-order valence-electron chi connectivity index (χ3n) is 6.23. The van der Waals surface area contributed by atoms with E-state index in [1.807, 2.05) is 6.07 Å². The number of anilines is 2. The Morgan fingerprint density at radius 3 is 2.31 bits per heavy atom. The molecule has 0 aliphatic heterocycles. The summed E-state index contributed by atoms with van der Waals surface area (Å²) in [6, 6.07) is 5.33. The number of fused-ring (bicyclic) bond motifs is 1. The molecule has 12 nitrogen and oxygen atoms in total. The van der Waals surface area contributed by atoms with Crippen molar-refractivity contribution in [1.29, 1.82) is 0 Å². The Morgan fingerprint density at radius 1 is 1.05 bits per heavy atom. The molecule has 3 heterocycles. The molecule has 0 unspecified atom stereocenters. The molecule has 1 saturated carbocycles. The highest BCUT2D eigenvalue weighted by Crippen LogP contribution is 2.47. The van der Waals surface area contributed by atoms with Crippen LogP contribution < -0.4 is 9.64 Å². The number of benzene rings is 1. The number of methoxy groups -OCH3 is 1. The molecule has 42 heavy (non-hydrogen) atoms. The summed E-state index contributed by atoms with van der Waals surface area (Å²) in [7, 11) is 3.28. The first-order chi connectivity index (χ1) is 19.7. The van der Waals surface area contributed by atoms with Crippen molar-refractivity contribution in [2.24, 2.45) is 7.05 Å². The van der Waals surface area contributed by atoms with Gasteiger partial charge < -0.3 is 14.2 Å². The van der Waals surface area contributed by atoms with E-state index < -0.39 is 23.4 Å². The van der Waals surface area contributed by atoms with Gasteiger partial charge in [-0.3, -0.25) is 4.68 Å². The van der Waals surface area contributed by atoms with Crippen LogP contribution in [0.5, 0.6) is 5.75 Å². The number of hydrogen-bond donors (Lipinski definition) is 0. The Morgan fingerprint density at radius 2 is 1.74 bits per heavy atom. The molecule has 1 aromatic carbocycles. The minimum atomic E-state index is -0.823. The molecule has 13 heteroatoms. The monoisotopic (exact) mass is 639 g/mol. The van der Waals surface area contributed by atoms with Gasteiger partial charge in [-0.15, -0.1) is 0 Å². The van der Waals surface area contributed by atoms with Crippen LogP contribution in [0.25, 0.3) is 22.6 Å². The minimum absolute atomic E-state index is 0.0708. The first kappa shape index (κ1) is 29.5. The summed E-state index contributed by atoms with van der Waals surface area (Å²) in [5.41, 5.74) is 0.306. The molecule has 1 aliphatic carbocycles. The number of ether oxygens (including phenoxy) is 3. The fraction of sp³-hybridized carbons (Fsp3) is 0.448. The van der Waals surface area contributed by atoms with Gasteiger partial charge in [0, 0.05) is 19.2 Å². The van der Waals surface area contributed by atoms with Gasteiger partial charge in [-0.1, -0.05) is 6.07 Å². The third kappa shape index (κ3) is 5.83. The van der Waals surface area contributed by atoms with Gasteiger partial charge in [0.05, 0.1) is 28.5 Å². The Labute approximate surface area is 252 Å². The van der Waals surface area contributed by atoms with Crippen molar-refractivity contribution in [3.8, 4) is 17.1 Å². The summed E-state index contributed by atoms with van der Waals surface area (Å²) in [5.74, 6) is 1.37. The quantitative estimate of drug-likeness (QED) is 0.233. The Bertz CT molecular complexity index is 1680. The zero-order valence-corrected chi connectivity index (χ0v) is 26.5. The number of aromatic nitrogens is 6. The molecule has 1 fully saturated rings. The number of amides is 1. The topological polar surface area (TPSA) is 126 Å². The molecule has 4 aromatic rings. The second-order valence-corrected chi connectivity index (χ2v) is 13.0. The predicted octanol–water partition coefficient (Wildman–Crippen LogP) is 6.73. The number of nitrogens with zero attached hydrogens (tertiary/aromatic N) is 7. The van der Waals surface area contributed by atoms with Gasteiger partial charge >= 0.3 is 12.2 Å². The van der Waals surface area contributed by atoms with E-state index in [2.05, 4.69) is 31.0 Å². The van der Waals surface area contributed by atoms with E-state index in [-0.39, 0.29) is 11.6 Å². The summed E-state index contributed by atoms with van der Waals surface area (Å²) in [5, 5.41) is 4.43. The summed E-state index contributed by atoms with van der Waals surface area (Å²) in [6.45, 7) is 10.8. The van der Waals surface area contributed by atoms with E-state index in [1.165, 1.54) is 22.8 Å². The molecule has 0 N–H and O–H groups in total. The van der Waals surface area contributed by atoms with Gasteiger partial charge in [-0.2, -0.15) is 5.10 Å². The van der Waals surface area contributed by atoms with E-state index in [9.17, 15) is 9.59 Å². The zero-order valence-electron chi connectivity index (χ0n) is 24.9. The van der Waals surface area contributed by atoms with Gasteiger partial charge in [0.15, 0.2) is 17.2 Å². The highest BCUT2D eigenvalue weighted by atomic mass is 79.9. The van der Waals surface area contributed by atoms with Crippen molar-refractivity contribution in [3.05, 3.63) is 41.0 Å². The normalized spacial score (nSPS) is 13.7. The minimum Gasteiger partial charge on any atom is -0.494 e. The number of rotatable bonds is 5. The van der Waals surface area contributed by atoms with Crippen LogP contribution >= 0.6 is 15.9 Å². The largest absolute Gasteiger partial charge is 0.494 e. The van der Waals surface area contributed by atoms with Crippen molar-refractivity contribution in [3.63, 3.8) is 0 Å². The highest BCUT2D eigenvalue weighted by molar-refractivity contribution is 9.10. The van der Waals surface area contributed by atoms with Crippen LogP contribution in [0.3, 0.4) is 0 Å². The number of hydrogen-bond acceptors (Lipinski definition) is 9. The van der Waals surface area contributed by atoms with Gasteiger partial charge in [0.1, 0.15) is 28.9 Å². The van der Waals surface area contributed by atoms with Crippen molar-refractivity contribution in [2.45, 2.75) is 71.5 Å². The van der Waals surface area contributed by atoms with Crippen LogP contribution in [-0.2, 0) is 16.5 Å². The summed E-state index contributed by atoms with van der Waals surface area (Å²) >= 11 is 3.60. The van der Waals surface area contributed by atoms with Crippen LogP contribution in [-0.4, -0.2) is 59.8 Å². The van der Waals surface area contributed by atoms with E-state index in [0.29, 0.717) is 44.3 Å². The number of halogens is 1. The van der Waals surface area contributed by atoms with Crippen LogP contribution in [0.4, 0.5) is 21.0 Å². The SMILES string of the molecule is COc1c(-c2ncn(C)n2)cccc1N(C(=O)OC(C)(C)C)c1c(Br)cnc2c1nc(C1CC1)n2C(=O)OC(C)(C)C.